The van der Waals surface area contributed by atoms with Crippen molar-refractivity contribution < 1.29 is 5.11 Å². The molecule has 0 bridgehead atoms. The summed E-state index contributed by atoms with van der Waals surface area (Å²) in [6.07, 6.45) is 0.500. The number of fused-ring (bicyclic) bond motifs is 1. The van der Waals surface area contributed by atoms with Crippen LogP contribution in [0.2, 0.25) is 0 Å². The van der Waals surface area contributed by atoms with E-state index >= 15 is 0 Å². The number of imidazole rings is 1. The van der Waals surface area contributed by atoms with Crippen LogP contribution in [0.1, 0.15) is 19.2 Å². The molecule has 2 aromatic rings. The lowest BCUT2D eigenvalue weighted by atomic mass is 10.3. The topological polar surface area (TPSA) is 50.1 Å². The van der Waals surface area contributed by atoms with E-state index in [1.807, 2.05) is 32.2 Å². The first-order chi connectivity index (χ1) is 8.22. The molecule has 4 heteroatoms. The summed E-state index contributed by atoms with van der Waals surface area (Å²) < 4.78 is 2.08. The standard InChI is InChI=1S/C13H19N3O/c1-3-10(17)8-14-9-13-15-11-6-4-5-7-12(11)16(13)2/h4-7,10,14,17H,3,8-9H2,1-2H3. The fourth-order valence-corrected chi connectivity index (χ4v) is 1.85. The lowest BCUT2D eigenvalue weighted by Crippen LogP contribution is -2.26. The Labute approximate surface area is 101 Å². The minimum absolute atomic E-state index is 0.273. The Kier molecular flexibility index (Phi) is 3.76. The molecule has 1 unspecified atom stereocenters. The molecule has 0 aliphatic heterocycles. The Balaban J connectivity index is 2.06. The first kappa shape index (κ1) is 12.1. The van der Waals surface area contributed by atoms with Crippen molar-refractivity contribution in [1.82, 2.24) is 14.9 Å². The Hall–Kier alpha value is -1.39. The van der Waals surface area contributed by atoms with Gasteiger partial charge in [-0.25, -0.2) is 4.98 Å². The van der Waals surface area contributed by atoms with Crippen LogP contribution in [0, 0.1) is 0 Å². The van der Waals surface area contributed by atoms with Gasteiger partial charge in [0.25, 0.3) is 0 Å². The zero-order valence-electron chi connectivity index (χ0n) is 10.3. The van der Waals surface area contributed by atoms with Crippen LogP contribution >= 0.6 is 0 Å². The van der Waals surface area contributed by atoms with Gasteiger partial charge in [0, 0.05) is 13.6 Å². The van der Waals surface area contributed by atoms with Crippen molar-refractivity contribution in [3.8, 4) is 0 Å². The maximum Gasteiger partial charge on any atom is 0.123 e. The summed E-state index contributed by atoms with van der Waals surface area (Å²) in [6.45, 7) is 3.27. The summed E-state index contributed by atoms with van der Waals surface area (Å²) in [6, 6.07) is 8.09. The van der Waals surface area contributed by atoms with E-state index in [2.05, 4.69) is 20.9 Å². The van der Waals surface area contributed by atoms with Crippen molar-refractivity contribution in [3.05, 3.63) is 30.1 Å². The van der Waals surface area contributed by atoms with Gasteiger partial charge in [0.2, 0.25) is 0 Å². The highest BCUT2D eigenvalue weighted by Crippen LogP contribution is 2.13. The van der Waals surface area contributed by atoms with Crippen LogP contribution in [-0.2, 0) is 13.6 Å². The molecule has 0 aliphatic rings. The van der Waals surface area contributed by atoms with E-state index in [4.69, 9.17) is 0 Å². The molecule has 2 N–H and O–H groups in total. The number of nitrogens with one attached hydrogen (secondary N) is 1. The predicted molar refractivity (Wildman–Crippen MR) is 68.7 cm³/mol. The van der Waals surface area contributed by atoms with Crippen molar-refractivity contribution in [2.45, 2.75) is 26.0 Å². The summed E-state index contributed by atoms with van der Waals surface area (Å²) in [5.41, 5.74) is 2.16. The molecule has 17 heavy (non-hydrogen) atoms. The van der Waals surface area contributed by atoms with Crippen LogP contribution in [0.3, 0.4) is 0 Å². The monoisotopic (exact) mass is 233 g/mol. The van der Waals surface area contributed by atoms with Crippen molar-refractivity contribution >= 4 is 11.0 Å². The molecule has 0 saturated heterocycles. The molecular formula is C13H19N3O. The average Bonchev–Trinajstić information content (AvgIpc) is 2.67. The van der Waals surface area contributed by atoms with E-state index in [9.17, 15) is 5.11 Å². The molecule has 0 spiro atoms. The second-order valence-corrected chi connectivity index (χ2v) is 4.27. The Morgan fingerprint density at radius 2 is 2.18 bits per heavy atom. The Morgan fingerprint density at radius 1 is 1.41 bits per heavy atom. The number of nitrogens with zero attached hydrogens (tertiary/aromatic N) is 2. The summed E-state index contributed by atoms with van der Waals surface area (Å²) in [4.78, 5) is 4.55. The molecule has 1 aromatic heterocycles. The number of hydrogen-bond acceptors (Lipinski definition) is 3. The summed E-state index contributed by atoms with van der Waals surface area (Å²) >= 11 is 0. The number of aliphatic hydroxyl groups excluding tert-OH is 1. The van der Waals surface area contributed by atoms with Crippen LogP contribution < -0.4 is 5.32 Å². The van der Waals surface area contributed by atoms with E-state index in [0.29, 0.717) is 13.1 Å². The minimum atomic E-state index is -0.273. The fraction of sp³-hybridized carbons (Fsp3) is 0.462. The van der Waals surface area contributed by atoms with Crippen LogP contribution in [-0.4, -0.2) is 27.3 Å². The third kappa shape index (κ3) is 2.65. The maximum absolute atomic E-state index is 9.46. The first-order valence-electron chi connectivity index (χ1n) is 6.01. The maximum atomic E-state index is 9.46. The summed E-state index contributed by atoms with van der Waals surface area (Å²) in [5, 5.41) is 12.7. The van der Waals surface area contributed by atoms with Gasteiger partial charge in [0.15, 0.2) is 0 Å². The number of rotatable bonds is 5. The second kappa shape index (κ2) is 5.29. The van der Waals surface area contributed by atoms with Gasteiger partial charge >= 0.3 is 0 Å². The molecule has 1 aromatic carbocycles. The molecule has 4 nitrogen and oxygen atoms in total. The largest absolute Gasteiger partial charge is 0.392 e. The first-order valence-corrected chi connectivity index (χ1v) is 6.01. The number of benzene rings is 1. The van der Waals surface area contributed by atoms with E-state index in [0.717, 1.165) is 23.3 Å². The van der Waals surface area contributed by atoms with E-state index in [-0.39, 0.29) is 6.10 Å². The molecule has 2 rings (SSSR count). The van der Waals surface area contributed by atoms with Gasteiger partial charge in [-0.2, -0.15) is 0 Å². The summed E-state index contributed by atoms with van der Waals surface area (Å²) in [7, 11) is 2.02. The van der Waals surface area contributed by atoms with Crippen LogP contribution in [0.25, 0.3) is 11.0 Å². The number of para-hydroxylation sites is 2. The minimum Gasteiger partial charge on any atom is -0.392 e. The highest BCUT2D eigenvalue weighted by Gasteiger charge is 2.07. The predicted octanol–water partition coefficient (Wildman–Crippen LogP) is 1.43. The quantitative estimate of drug-likeness (QED) is 0.821. The van der Waals surface area contributed by atoms with E-state index in [1.54, 1.807) is 0 Å². The van der Waals surface area contributed by atoms with Crippen molar-refractivity contribution in [3.63, 3.8) is 0 Å². The average molecular weight is 233 g/mol. The number of hydrogen-bond donors (Lipinski definition) is 2. The van der Waals surface area contributed by atoms with Gasteiger partial charge < -0.3 is 15.0 Å². The van der Waals surface area contributed by atoms with Gasteiger partial charge in [-0.3, -0.25) is 0 Å². The third-order valence-electron chi connectivity index (χ3n) is 3.01. The molecule has 0 amide bonds. The van der Waals surface area contributed by atoms with Gasteiger partial charge in [0.1, 0.15) is 5.82 Å². The Morgan fingerprint density at radius 3 is 2.88 bits per heavy atom. The molecule has 0 fully saturated rings. The SMILES string of the molecule is CCC(O)CNCc1nc2ccccc2n1C. The normalized spacial score (nSPS) is 13.1. The molecule has 0 aliphatic carbocycles. The van der Waals surface area contributed by atoms with Crippen molar-refractivity contribution in [2.75, 3.05) is 6.54 Å². The van der Waals surface area contributed by atoms with Crippen LogP contribution in [0.4, 0.5) is 0 Å². The fourth-order valence-electron chi connectivity index (χ4n) is 1.85. The van der Waals surface area contributed by atoms with Gasteiger partial charge in [-0.15, -0.1) is 0 Å². The van der Waals surface area contributed by atoms with E-state index in [1.165, 1.54) is 0 Å². The van der Waals surface area contributed by atoms with E-state index < -0.39 is 0 Å². The number of aryl methyl sites for hydroxylation is 1. The zero-order valence-corrected chi connectivity index (χ0v) is 10.3. The molecular weight excluding hydrogens is 214 g/mol. The van der Waals surface area contributed by atoms with Gasteiger partial charge in [-0.1, -0.05) is 19.1 Å². The second-order valence-electron chi connectivity index (χ2n) is 4.27. The smallest absolute Gasteiger partial charge is 0.123 e. The zero-order chi connectivity index (χ0) is 12.3. The lowest BCUT2D eigenvalue weighted by molar-refractivity contribution is 0.166. The summed E-state index contributed by atoms with van der Waals surface area (Å²) in [5.74, 6) is 0.995. The number of aromatic nitrogens is 2. The Bertz CT molecular complexity index is 492. The highest BCUT2D eigenvalue weighted by atomic mass is 16.3. The molecule has 0 radical (unpaired) electrons. The highest BCUT2D eigenvalue weighted by molar-refractivity contribution is 5.75. The number of aliphatic hydroxyl groups is 1. The molecule has 92 valence electrons. The van der Waals surface area contributed by atoms with Gasteiger partial charge in [-0.05, 0) is 18.6 Å². The molecule has 1 heterocycles. The van der Waals surface area contributed by atoms with Crippen molar-refractivity contribution in [1.29, 1.82) is 0 Å². The van der Waals surface area contributed by atoms with Crippen LogP contribution in [0.5, 0.6) is 0 Å². The third-order valence-corrected chi connectivity index (χ3v) is 3.01. The van der Waals surface area contributed by atoms with Crippen molar-refractivity contribution in [2.24, 2.45) is 7.05 Å². The molecule has 0 saturated carbocycles. The van der Waals surface area contributed by atoms with Gasteiger partial charge in [0.05, 0.1) is 23.7 Å². The lowest BCUT2D eigenvalue weighted by Gasteiger charge is -2.09. The van der Waals surface area contributed by atoms with Crippen LogP contribution in [0.15, 0.2) is 24.3 Å². The molecule has 1 atom stereocenters.